The lowest BCUT2D eigenvalue weighted by Gasteiger charge is -2.29. The molecule has 1 aliphatic rings. The van der Waals surface area contributed by atoms with E-state index in [4.69, 9.17) is 18.9 Å². The van der Waals surface area contributed by atoms with Gasteiger partial charge < -0.3 is 23.8 Å². The SMILES string of the molecule is COc1ccc(-c2nc(C(=O)N(C)C[C@@H]3COc4ccccc4O3)cs2)cc1OC. The molecule has 1 aliphatic heterocycles. The van der Waals surface area contributed by atoms with Gasteiger partial charge in [-0.05, 0) is 30.3 Å². The van der Waals surface area contributed by atoms with E-state index < -0.39 is 0 Å². The van der Waals surface area contributed by atoms with E-state index in [9.17, 15) is 4.79 Å². The van der Waals surface area contributed by atoms with Crippen molar-refractivity contribution in [2.24, 2.45) is 0 Å². The summed E-state index contributed by atoms with van der Waals surface area (Å²) >= 11 is 1.41. The molecule has 0 saturated carbocycles. The van der Waals surface area contributed by atoms with Crippen LogP contribution < -0.4 is 18.9 Å². The number of aromatic nitrogens is 1. The number of thiazole rings is 1. The number of carbonyl (C=O) groups is 1. The quantitative estimate of drug-likeness (QED) is 0.598. The van der Waals surface area contributed by atoms with E-state index in [1.807, 2.05) is 42.5 Å². The Hall–Kier alpha value is -3.26. The average molecular weight is 426 g/mol. The molecule has 0 N–H and O–H groups in total. The Morgan fingerprint density at radius 2 is 1.93 bits per heavy atom. The van der Waals surface area contributed by atoms with Crippen LogP contribution in [0.1, 0.15) is 10.5 Å². The third-order valence-electron chi connectivity index (χ3n) is 4.75. The molecule has 0 radical (unpaired) electrons. The van der Waals surface area contributed by atoms with E-state index in [1.54, 1.807) is 31.5 Å². The van der Waals surface area contributed by atoms with Gasteiger partial charge in [-0.15, -0.1) is 11.3 Å². The smallest absolute Gasteiger partial charge is 0.273 e. The number of fused-ring (bicyclic) bond motifs is 1. The minimum absolute atomic E-state index is 0.166. The van der Waals surface area contributed by atoms with Crippen molar-refractivity contribution in [1.29, 1.82) is 0 Å². The number of carbonyl (C=O) groups excluding carboxylic acids is 1. The summed E-state index contributed by atoms with van der Waals surface area (Å²) in [7, 11) is 4.91. The van der Waals surface area contributed by atoms with Crippen LogP contribution in [0.5, 0.6) is 23.0 Å². The second kappa shape index (κ2) is 8.62. The van der Waals surface area contributed by atoms with Crippen molar-refractivity contribution < 1.29 is 23.7 Å². The lowest BCUT2D eigenvalue weighted by molar-refractivity contribution is 0.0518. The van der Waals surface area contributed by atoms with Crippen LogP contribution in [0.4, 0.5) is 0 Å². The number of para-hydroxylation sites is 2. The Balaban J connectivity index is 1.44. The molecule has 0 spiro atoms. The van der Waals surface area contributed by atoms with Gasteiger partial charge in [0.2, 0.25) is 0 Å². The lowest BCUT2D eigenvalue weighted by Crippen LogP contribution is -2.41. The lowest BCUT2D eigenvalue weighted by atomic mass is 10.2. The minimum atomic E-state index is -0.238. The molecular formula is C22H22N2O5S. The zero-order valence-corrected chi connectivity index (χ0v) is 17.8. The van der Waals surface area contributed by atoms with Crippen LogP contribution >= 0.6 is 11.3 Å². The molecule has 0 aliphatic carbocycles. The van der Waals surface area contributed by atoms with E-state index >= 15 is 0 Å². The first kappa shape index (κ1) is 20.0. The summed E-state index contributed by atoms with van der Waals surface area (Å²) in [6.45, 7) is 0.791. The van der Waals surface area contributed by atoms with E-state index in [2.05, 4.69) is 4.98 Å². The summed E-state index contributed by atoms with van der Waals surface area (Å²) in [6.07, 6.45) is -0.238. The fourth-order valence-corrected chi connectivity index (χ4v) is 4.00. The van der Waals surface area contributed by atoms with Crippen molar-refractivity contribution in [3.05, 3.63) is 53.5 Å². The normalized spacial score (nSPS) is 14.8. The number of likely N-dealkylation sites (N-methyl/N-ethyl adjacent to an activating group) is 1. The van der Waals surface area contributed by atoms with Gasteiger partial charge in [0.15, 0.2) is 29.1 Å². The van der Waals surface area contributed by atoms with Gasteiger partial charge in [0.05, 0.1) is 20.8 Å². The average Bonchev–Trinajstić information content (AvgIpc) is 3.28. The molecule has 0 unspecified atom stereocenters. The van der Waals surface area contributed by atoms with Crippen molar-refractivity contribution >= 4 is 17.2 Å². The van der Waals surface area contributed by atoms with Crippen LogP contribution in [0.15, 0.2) is 47.8 Å². The summed E-state index contributed by atoms with van der Waals surface area (Å²) in [5.41, 5.74) is 1.25. The third kappa shape index (κ3) is 4.04. The van der Waals surface area contributed by atoms with Crippen LogP contribution in [0.2, 0.25) is 0 Å². The predicted octanol–water partition coefficient (Wildman–Crippen LogP) is 3.74. The minimum Gasteiger partial charge on any atom is -0.493 e. The Bertz CT molecular complexity index is 1050. The largest absolute Gasteiger partial charge is 0.493 e. The zero-order valence-electron chi connectivity index (χ0n) is 17.0. The Morgan fingerprint density at radius 3 is 2.70 bits per heavy atom. The van der Waals surface area contributed by atoms with Crippen LogP contribution in [0.3, 0.4) is 0 Å². The van der Waals surface area contributed by atoms with E-state index in [0.717, 1.165) is 16.3 Å². The maximum Gasteiger partial charge on any atom is 0.273 e. The van der Waals surface area contributed by atoms with Gasteiger partial charge in [-0.2, -0.15) is 0 Å². The molecule has 7 nitrogen and oxygen atoms in total. The molecule has 0 bridgehead atoms. The molecule has 1 aromatic heterocycles. The van der Waals surface area contributed by atoms with Crippen molar-refractivity contribution in [3.8, 4) is 33.6 Å². The molecule has 30 heavy (non-hydrogen) atoms. The standard InChI is InChI=1S/C22H22N2O5S/c1-24(11-15-12-28-18-6-4-5-7-19(18)29-15)22(25)16-13-30-21(23-16)14-8-9-17(26-2)20(10-14)27-3/h4-10,13,15H,11-12H2,1-3H3/t15-/m1/s1. The number of benzene rings is 2. The van der Waals surface area contributed by atoms with E-state index in [-0.39, 0.29) is 12.0 Å². The summed E-state index contributed by atoms with van der Waals surface area (Å²) in [6, 6.07) is 13.1. The molecule has 1 amide bonds. The highest BCUT2D eigenvalue weighted by Gasteiger charge is 2.25. The Labute approximate surface area is 178 Å². The number of methoxy groups -OCH3 is 2. The van der Waals surface area contributed by atoms with Gasteiger partial charge in [-0.1, -0.05) is 12.1 Å². The van der Waals surface area contributed by atoms with Crippen LogP contribution in [-0.4, -0.2) is 56.3 Å². The Morgan fingerprint density at radius 1 is 1.17 bits per heavy atom. The first-order chi connectivity index (χ1) is 14.6. The molecule has 1 atom stereocenters. The number of nitrogens with zero attached hydrogens (tertiary/aromatic N) is 2. The second-order valence-corrected chi connectivity index (χ2v) is 7.65. The summed E-state index contributed by atoms with van der Waals surface area (Å²) in [5.74, 6) is 2.51. The topological polar surface area (TPSA) is 70.1 Å². The summed E-state index contributed by atoms with van der Waals surface area (Å²) < 4.78 is 22.3. The summed E-state index contributed by atoms with van der Waals surface area (Å²) in [4.78, 5) is 19.0. The van der Waals surface area contributed by atoms with Gasteiger partial charge in [0, 0.05) is 18.0 Å². The monoisotopic (exact) mass is 426 g/mol. The number of hydrogen-bond acceptors (Lipinski definition) is 7. The van der Waals surface area contributed by atoms with E-state index in [1.165, 1.54) is 11.3 Å². The number of hydrogen-bond donors (Lipinski definition) is 0. The first-order valence-corrected chi connectivity index (χ1v) is 10.3. The van der Waals surface area contributed by atoms with Crippen molar-refractivity contribution in [3.63, 3.8) is 0 Å². The third-order valence-corrected chi connectivity index (χ3v) is 5.64. The van der Waals surface area contributed by atoms with Crippen LogP contribution in [0, 0.1) is 0 Å². The van der Waals surface area contributed by atoms with Gasteiger partial charge >= 0.3 is 0 Å². The second-order valence-electron chi connectivity index (χ2n) is 6.79. The van der Waals surface area contributed by atoms with Gasteiger partial charge in [-0.3, -0.25) is 4.79 Å². The molecule has 0 saturated heterocycles. The molecule has 2 heterocycles. The van der Waals surface area contributed by atoms with Crippen molar-refractivity contribution in [1.82, 2.24) is 9.88 Å². The van der Waals surface area contributed by atoms with Crippen molar-refractivity contribution in [2.45, 2.75) is 6.10 Å². The maximum absolute atomic E-state index is 12.9. The first-order valence-electron chi connectivity index (χ1n) is 9.41. The van der Waals surface area contributed by atoms with Gasteiger partial charge in [0.1, 0.15) is 17.3 Å². The molecule has 3 aromatic rings. The molecule has 4 rings (SSSR count). The Kier molecular flexibility index (Phi) is 5.76. The molecule has 2 aromatic carbocycles. The molecule has 8 heteroatoms. The predicted molar refractivity (Wildman–Crippen MR) is 114 cm³/mol. The zero-order chi connectivity index (χ0) is 21.1. The number of rotatable bonds is 6. The number of ether oxygens (including phenoxy) is 4. The number of amides is 1. The summed E-state index contributed by atoms with van der Waals surface area (Å²) in [5, 5.41) is 2.50. The van der Waals surface area contributed by atoms with Crippen LogP contribution in [-0.2, 0) is 0 Å². The maximum atomic E-state index is 12.9. The molecule has 0 fully saturated rings. The fraction of sp³-hybridized carbons (Fsp3) is 0.273. The van der Waals surface area contributed by atoms with Gasteiger partial charge in [-0.25, -0.2) is 4.98 Å². The molecular weight excluding hydrogens is 404 g/mol. The molecule has 156 valence electrons. The fourth-order valence-electron chi connectivity index (χ4n) is 3.21. The highest BCUT2D eigenvalue weighted by atomic mass is 32.1. The van der Waals surface area contributed by atoms with Crippen molar-refractivity contribution in [2.75, 3.05) is 34.4 Å². The van der Waals surface area contributed by atoms with Gasteiger partial charge in [0.25, 0.3) is 5.91 Å². The van der Waals surface area contributed by atoms with Crippen LogP contribution in [0.25, 0.3) is 10.6 Å². The van der Waals surface area contributed by atoms with E-state index in [0.29, 0.717) is 36.1 Å². The highest BCUT2D eigenvalue weighted by molar-refractivity contribution is 7.13. The highest BCUT2D eigenvalue weighted by Crippen LogP contribution is 2.34.